The van der Waals surface area contributed by atoms with Gasteiger partial charge in [-0.05, 0) is 6.42 Å². The van der Waals surface area contributed by atoms with Crippen LogP contribution in [0, 0.1) is 0 Å². The zero-order valence-electron chi connectivity index (χ0n) is 18.8. The molecule has 0 amide bonds. The van der Waals surface area contributed by atoms with Gasteiger partial charge in [0.1, 0.15) is 24.4 Å². The van der Waals surface area contributed by atoms with Gasteiger partial charge in [0.15, 0.2) is 0 Å². The van der Waals surface area contributed by atoms with Gasteiger partial charge >= 0.3 is 0 Å². The van der Waals surface area contributed by atoms with Crippen LogP contribution in [0.25, 0.3) is 0 Å². The average molecular weight is 417 g/mol. The minimum atomic E-state index is -1.24. The van der Waals surface area contributed by atoms with E-state index in [0.29, 0.717) is 6.42 Å². The van der Waals surface area contributed by atoms with Crippen molar-refractivity contribution in [1.82, 2.24) is 0 Å². The van der Waals surface area contributed by atoms with Crippen molar-refractivity contribution in [3.8, 4) is 0 Å². The van der Waals surface area contributed by atoms with Crippen LogP contribution in [0.3, 0.4) is 0 Å². The quantitative estimate of drug-likeness (QED) is 0.247. The Morgan fingerprint density at radius 1 is 0.517 bits per heavy atom. The van der Waals surface area contributed by atoms with Crippen molar-refractivity contribution in [3.63, 3.8) is 0 Å². The van der Waals surface area contributed by atoms with Crippen molar-refractivity contribution in [2.24, 2.45) is 0 Å². The topological polar surface area (TPSA) is 90.2 Å². The summed E-state index contributed by atoms with van der Waals surface area (Å²) >= 11 is 0. The van der Waals surface area contributed by atoms with Crippen molar-refractivity contribution >= 4 is 0 Å². The molecule has 1 saturated heterocycles. The van der Waals surface area contributed by atoms with Gasteiger partial charge in [-0.25, -0.2) is 0 Å². The van der Waals surface area contributed by atoms with Crippen LogP contribution >= 0.6 is 0 Å². The van der Waals surface area contributed by atoms with Gasteiger partial charge < -0.3 is 25.2 Å². The molecule has 29 heavy (non-hydrogen) atoms. The zero-order chi connectivity index (χ0) is 21.3. The van der Waals surface area contributed by atoms with Crippen molar-refractivity contribution in [3.05, 3.63) is 0 Å². The van der Waals surface area contributed by atoms with E-state index in [1.807, 2.05) is 0 Å². The molecule has 0 aromatic rings. The van der Waals surface area contributed by atoms with E-state index in [1.165, 1.54) is 89.9 Å². The monoisotopic (exact) mass is 416 g/mol. The first-order valence-electron chi connectivity index (χ1n) is 12.4. The van der Waals surface area contributed by atoms with Crippen molar-refractivity contribution in [2.75, 3.05) is 6.61 Å². The summed E-state index contributed by atoms with van der Waals surface area (Å²) < 4.78 is 5.54. The molecule has 0 aliphatic carbocycles. The lowest BCUT2D eigenvalue weighted by Gasteiger charge is -2.40. The van der Waals surface area contributed by atoms with Gasteiger partial charge in [-0.2, -0.15) is 0 Å². The van der Waals surface area contributed by atoms with E-state index >= 15 is 0 Å². The van der Waals surface area contributed by atoms with Crippen LogP contribution in [0.1, 0.15) is 116 Å². The summed E-state index contributed by atoms with van der Waals surface area (Å²) in [6.07, 6.45) is 16.8. The van der Waals surface area contributed by atoms with Crippen LogP contribution in [0.4, 0.5) is 0 Å². The van der Waals surface area contributed by atoms with Crippen molar-refractivity contribution in [2.45, 2.75) is 147 Å². The summed E-state index contributed by atoms with van der Waals surface area (Å²) in [4.78, 5) is 0. The minimum Gasteiger partial charge on any atom is -0.394 e. The summed E-state index contributed by atoms with van der Waals surface area (Å²) in [5.74, 6) is 0. The van der Waals surface area contributed by atoms with E-state index in [4.69, 9.17) is 4.74 Å². The fraction of sp³-hybridized carbons (Fsp3) is 1.00. The highest BCUT2D eigenvalue weighted by Crippen LogP contribution is 2.25. The molecule has 4 N–H and O–H groups in total. The molecule has 0 saturated carbocycles. The highest BCUT2D eigenvalue weighted by Gasteiger charge is 2.42. The zero-order valence-corrected chi connectivity index (χ0v) is 18.8. The maximum Gasteiger partial charge on any atom is 0.111 e. The van der Waals surface area contributed by atoms with Crippen LogP contribution in [-0.4, -0.2) is 57.6 Å². The van der Waals surface area contributed by atoms with Crippen LogP contribution in [0.5, 0.6) is 0 Å². The van der Waals surface area contributed by atoms with Crippen LogP contribution < -0.4 is 0 Å². The summed E-state index contributed by atoms with van der Waals surface area (Å²) in [6, 6.07) is 0. The third kappa shape index (κ3) is 11.7. The van der Waals surface area contributed by atoms with Gasteiger partial charge in [-0.15, -0.1) is 0 Å². The molecule has 0 bridgehead atoms. The molecular formula is C24H48O5. The van der Waals surface area contributed by atoms with E-state index in [2.05, 4.69) is 6.92 Å². The average Bonchev–Trinajstić information content (AvgIpc) is 2.73. The van der Waals surface area contributed by atoms with E-state index < -0.39 is 30.5 Å². The number of rotatable bonds is 18. The third-order valence-corrected chi connectivity index (χ3v) is 6.33. The normalized spacial score (nSPS) is 27.4. The maximum atomic E-state index is 10.0. The molecule has 174 valence electrons. The first-order chi connectivity index (χ1) is 14.1. The Balaban J connectivity index is 1.88. The lowest BCUT2D eigenvalue weighted by Crippen LogP contribution is -2.58. The predicted molar refractivity (Wildman–Crippen MR) is 118 cm³/mol. The fourth-order valence-electron chi connectivity index (χ4n) is 4.31. The molecule has 1 unspecified atom stereocenters. The molecule has 5 heteroatoms. The molecule has 0 spiro atoms. The molecule has 0 aromatic carbocycles. The minimum absolute atomic E-state index is 0.347. The molecule has 0 radical (unpaired) electrons. The molecule has 1 heterocycles. The predicted octanol–water partition coefficient (Wildman–Crippen LogP) is 4.48. The largest absolute Gasteiger partial charge is 0.394 e. The van der Waals surface area contributed by atoms with E-state index in [0.717, 1.165) is 12.8 Å². The van der Waals surface area contributed by atoms with Crippen LogP contribution in [0.15, 0.2) is 0 Å². The molecule has 1 aliphatic heterocycles. The number of aliphatic hydroxyl groups is 4. The number of aliphatic hydroxyl groups excluding tert-OH is 4. The number of ether oxygens (including phenoxy) is 1. The second-order valence-electron chi connectivity index (χ2n) is 8.96. The van der Waals surface area contributed by atoms with E-state index in [9.17, 15) is 20.4 Å². The van der Waals surface area contributed by atoms with Gasteiger partial charge in [-0.1, -0.05) is 110 Å². The second-order valence-corrected chi connectivity index (χ2v) is 8.96. The highest BCUT2D eigenvalue weighted by molar-refractivity contribution is 4.91. The number of hydrogen-bond donors (Lipinski definition) is 4. The van der Waals surface area contributed by atoms with Gasteiger partial charge in [0, 0.05) is 0 Å². The van der Waals surface area contributed by atoms with Crippen molar-refractivity contribution < 1.29 is 25.2 Å². The molecular weight excluding hydrogens is 368 g/mol. The summed E-state index contributed by atoms with van der Waals surface area (Å²) in [6.45, 7) is 1.92. The Morgan fingerprint density at radius 3 is 1.31 bits per heavy atom. The summed E-state index contributed by atoms with van der Waals surface area (Å²) in [5, 5.41) is 38.9. The Kier molecular flexibility index (Phi) is 16.2. The van der Waals surface area contributed by atoms with Gasteiger partial charge in [-0.3, -0.25) is 0 Å². The Morgan fingerprint density at radius 2 is 0.897 bits per heavy atom. The number of hydrogen-bond acceptors (Lipinski definition) is 5. The first-order valence-corrected chi connectivity index (χ1v) is 12.4. The van der Waals surface area contributed by atoms with Gasteiger partial charge in [0.25, 0.3) is 0 Å². The Labute approximate surface area is 178 Å². The standard InChI is InChI=1S/C24H48O5/c1-2-3-4-5-6-7-8-9-10-11-12-13-14-15-16-17-18-20-22(26)24(28)23(27)21(19-25)29-20/h20-28H,2-19H2,1H3/t20?,21-,22+,23-,24-/m1/s1. The molecule has 1 aliphatic rings. The molecule has 1 fully saturated rings. The second kappa shape index (κ2) is 17.5. The molecule has 5 atom stereocenters. The molecule has 0 aromatic heterocycles. The summed E-state index contributed by atoms with van der Waals surface area (Å²) in [5.41, 5.74) is 0. The van der Waals surface area contributed by atoms with E-state index in [-0.39, 0.29) is 6.61 Å². The Hall–Kier alpha value is -0.200. The SMILES string of the molecule is CCCCCCCCCCCCCCCCCCC1O[C@H](CO)[C@@H](O)[C@H](O)[C@H]1O. The highest BCUT2D eigenvalue weighted by atomic mass is 16.5. The molecule has 1 rings (SSSR count). The van der Waals surface area contributed by atoms with Gasteiger partial charge in [0.05, 0.1) is 12.7 Å². The van der Waals surface area contributed by atoms with Crippen LogP contribution in [0.2, 0.25) is 0 Å². The lowest BCUT2D eigenvalue weighted by molar-refractivity contribution is -0.230. The lowest BCUT2D eigenvalue weighted by atomic mass is 9.92. The third-order valence-electron chi connectivity index (χ3n) is 6.33. The van der Waals surface area contributed by atoms with Gasteiger partial charge in [0.2, 0.25) is 0 Å². The van der Waals surface area contributed by atoms with Crippen molar-refractivity contribution in [1.29, 1.82) is 0 Å². The van der Waals surface area contributed by atoms with Crippen LogP contribution in [-0.2, 0) is 4.74 Å². The maximum absolute atomic E-state index is 10.0. The fourth-order valence-corrected chi connectivity index (χ4v) is 4.31. The Bertz CT molecular complexity index is 363. The molecule has 5 nitrogen and oxygen atoms in total. The summed E-state index contributed by atoms with van der Waals surface area (Å²) in [7, 11) is 0. The smallest absolute Gasteiger partial charge is 0.111 e. The van der Waals surface area contributed by atoms with E-state index in [1.54, 1.807) is 0 Å². The first kappa shape index (κ1) is 26.8. The number of unbranched alkanes of at least 4 members (excludes halogenated alkanes) is 15.